The molecule has 1 atom stereocenters. The van der Waals surface area contributed by atoms with Crippen molar-refractivity contribution in [2.75, 3.05) is 26.2 Å². The maximum atomic E-state index is 13.9. The fourth-order valence-corrected chi connectivity index (χ4v) is 7.89. The predicted octanol–water partition coefficient (Wildman–Crippen LogP) is 5.05. The van der Waals surface area contributed by atoms with Crippen LogP contribution in [-0.4, -0.2) is 69.6 Å². The van der Waals surface area contributed by atoms with Gasteiger partial charge in [0.05, 0.1) is 29.0 Å². The van der Waals surface area contributed by atoms with Crippen LogP contribution in [0.5, 0.6) is 5.75 Å². The zero-order valence-electron chi connectivity index (χ0n) is 27.4. The van der Waals surface area contributed by atoms with E-state index in [2.05, 4.69) is 11.8 Å². The average Bonchev–Trinajstić information content (AvgIpc) is 3.47. The maximum absolute atomic E-state index is 13.9. The number of carbonyl (C=O) groups excluding carboxylic acids is 3. The highest BCUT2D eigenvalue weighted by atomic mass is 16.6. The molecule has 248 valence electrons. The molecule has 1 aromatic carbocycles. The highest BCUT2D eigenvalue weighted by molar-refractivity contribution is 5.91. The number of amides is 1. The molecule has 0 spiro atoms. The molecule has 11 nitrogen and oxygen atoms in total. The normalized spacial score (nSPS) is 21.2. The highest BCUT2D eigenvalue weighted by Gasteiger charge is 2.50. The second-order valence-corrected chi connectivity index (χ2v) is 13.0. The Morgan fingerprint density at radius 2 is 1.77 bits per heavy atom. The minimum Gasteiger partial charge on any atom is -0.457 e. The van der Waals surface area contributed by atoms with Crippen LogP contribution < -0.4 is 10.3 Å². The first-order valence-corrected chi connectivity index (χ1v) is 17.1. The molecule has 7 rings (SSSR count). The number of cyclic esters (lactones) is 1. The maximum Gasteiger partial charge on any atom is 0.415 e. The van der Waals surface area contributed by atoms with Gasteiger partial charge in [-0.05, 0) is 81.4 Å². The van der Waals surface area contributed by atoms with Crippen LogP contribution in [0.1, 0.15) is 88.0 Å². The molecule has 0 saturated carbocycles. The summed E-state index contributed by atoms with van der Waals surface area (Å²) in [5.74, 6) is -0.763. The van der Waals surface area contributed by atoms with Crippen molar-refractivity contribution in [1.82, 2.24) is 19.4 Å². The Morgan fingerprint density at radius 1 is 1.00 bits per heavy atom. The summed E-state index contributed by atoms with van der Waals surface area (Å²) in [4.78, 5) is 62.0. The predicted molar refractivity (Wildman–Crippen MR) is 174 cm³/mol. The van der Waals surface area contributed by atoms with Crippen molar-refractivity contribution < 1.29 is 28.6 Å². The van der Waals surface area contributed by atoms with Gasteiger partial charge in [-0.15, -0.1) is 0 Å². The molecule has 0 radical (unpaired) electrons. The summed E-state index contributed by atoms with van der Waals surface area (Å²) in [7, 11) is 0. The lowest BCUT2D eigenvalue weighted by molar-refractivity contribution is -0.189. The summed E-state index contributed by atoms with van der Waals surface area (Å²) in [5.41, 5.74) is 2.54. The van der Waals surface area contributed by atoms with E-state index in [1.54, 1.807) is 35.4 Å². The molecule has 2 saturated heterocycles. The van der Waals surface area contributed by atoms with E-state index in [0.717, 1.165) is 42.4 Å². The molecule has 4 aliphatic heterocycles. The van der Waals surface area contributed by atoms with Crippen LogP contribution in [0.2, 0.25) is 0 Å². The number of hydrogen-bond donors (Lipinski definition) is 0. The molecule has 47 heavy (non-hydrogen) atoms. The monoisotopic (exact) mass is 642 g/mol. The van der Waals surface area contributed by atoms with Crippen molar-refractivity contribution in [2.24, 2.45) is 0 Å². The van der Waals surface area contributed by atoms with Gasteiger partial charge in [0.25, 0.3) is 5.56 Å². The molecule has 0 bridgehead atoms. The standard InChI is InChI=1S/C36H42N4O7/c1-4-24-25-18-23(46-35(44)39-16-12-22(13-17-39)38-14-8-7-9-15-38)10-11-29(25)37-32-26(24)20-40-30(32)19-28-27(33(40)42)21-45-34(43)36(28,6-3)47-31(41)5-2/h10-11,18-19,22H,4-9,12-17,20-21H2,1-3H3/t36-/m0/s1. The van der Waals surface area contributed by atoms with Crippen LogP contribution in [0.3, 0.4) is 0 Å². The SMILES string of the molecule is CCC(=O)O[C@]1(CC)C(=O)OCc2c1cc1n(c2=O)Cc2c-1nc1ccc(OC(=O)N3CCC(N4CCCCC4)CC3)cc1c2CC. The molecule has 2 fully saturated rings. The number of aromatic nitrogens is 2. The summed E-state index contributed by atoms with van der Waals surface area (Å²) in [6.07, 6.45) is 6.31. The zero-order valence-corrected chi connectivity index (χ0v) is 27.4. The third-order valence-corrected chi connectivity index (χ3v) is 10.5. The third kappa shape index (κ3) is 5.28. The molecule has 6 heterocycles. The van der Waals surface area contributed by atoms with Crippen molar-refractivity contribution in [3.63, 3.8) is 0 Å². The van der Waals surface area contributed by atoms with E-state index in [9.17, 15) is 19.2 Å². The summed E-state index contributed by atoms with van der Waals surface area (Å²) >= 11 is 0. The first-order chi connectivity index (χ1) is 22.8. The smallest absolute Gasteiger partial charge is 0.415 e. The Hall–Kier alpha value is -4.25. The van der Waals surface area contributed by atoms with Crippen molar-refractivity contribution in [3.05, 3.63) is 56.9 Å². The van der Waals surface area contributed by atoms with Gasteiger partial charge in [-0.2, -0.15) is 0 Å². The number of piperidine rings is 2. The van der Waals surface area contributed by atoms with Crippen molar-refractivity contribution >= 4 is 28.9 Å². The lowest BCUT2D eigenvalue weighted by atomic mass is 9.85. The Morgan fingerprint density at radius 3 is 2.47 bits per heavy atom. The molecule has 0 aliphatic carbocycles. The van der Waals surface area contributed by atoms with Gasteiger partial charge < -0.3 is 28.6 Å². The van der Waals surface area contributed by atoms with Crippen molar-refractivity contribution in [1.29, 1.82) is 0 Å². The van der Waals surface area contributed by atoms with Gasteiger partial charge in [-0.3, -0.25) is 9.59 Å². The van der Waals surface area contributed by atoms with Crippen LogP contribution in [0.4, 0.5) is 4.79 Å². The number of carbonyl (C=O) groups is 3. The number of likely N-dealkylation sites (tertiary alicyclic amines) is 2. The fourth-order valence-electron chi connectivity index (χ4n) is 7.89. The number of hydrogen-bond acceptors (Lipinski definition) is 9. The number of rotatable bonds is 6. The minimum atomic E-state index is -1.69. The molecule has 2 aromatic heterocycles. The Kier molecular flexibility index (Phi) is 8.28. The summed E-state index contributed by atoms with van der Waals surface area (Å²) < 4.78 is 18.7. The molecule has 3 aromatic rings. The zero-order chi connectivity index (χ0) is 32.9. The van der Waals surface area contributed by atoms with Gasteiger partial charge in [-0.25, -0.2) is 14.6 Å². The van der Waals surface area contributed by atoms with E-state index in [4.69, 9.17) is 19.2 Å². The molecular weight excluding hydrogens is 600 g/mol. The van der Waals surface area contributed by atoms with Crippen molar-refractivity contribution in [3.8, 4) is 17.1 Å². The van der Waals surface area contributed by atoms with E-state index < -0.39 is 17.5 Å². The lowest BCUT2D eigenvalue weighted by Gasteiger charge is -2.39. The van der Waals surface area contributed by atoms with Gasteiger partial charge in [0.1, 0.15) is 12.4 Å². The Labute approximate surface area is 273 Å². The van der Waals surface area contributed by atoms with E-state index in [0.29, 0.717) is 65.9 Å². The summed E-state index contributed by atoms with van der Waals surface area (Å²) in [6.45, 7) is 9.26. The molecule has 0 unspecified atom stereocenters. The number of nitrogens with zero attached hydrogens (tertiary/aromatic N) is 4. The van der Waals surface area contributed by atoms with Gasteiger partial charge in [0, 0.05) is 42.1 Å². The van der Waals surface area contributed by atoms with Crippen LogP contribution in [-0.2, 0) is 44.2 Å². The Balaban J connectivity index is 1.18. The number of pyridine rings is 2. The van der Waals surface area contributed by atoms with E-state index in [-0.39, 0.29) is 31.1 Å². The number of fused-ring (bicyclic) bond motifs is 5. The second-order valence-electron chi connectivity index (χ2n) is 13.0. The van der Waals surface area contributed by atoms with Crippen molar-refractivity contribution in [2.45, 2.75) is 96.9 Å². The Bertz CT molecular complexity index is 1820. The van der Waals surface area contributed by atoms with Crippen LogP contribution >= 0.6 is 0 Å². The molecule has 1 amide bonds. The highest BCUT2D eigenvalue weighted by Crippen LogP contribution is 2.42. The molecule has 11 heteroatoms. The first-order valence-electron chi connectivity index (χ1n) is 17.1. The van der Waals surface area contributed by atoms with E-state index in [1.807, 2.05) is 12.1 Å². The number of benzene rings is 1. The number of aryl methyl sites for hydroxylation is 1. The van der Waals surface area contributed by atoms with Gasteiger partial charge in [0.2, 0.25) is 5.60 Å². The molecule has 4 aliphatic rings. The van der Waals surface area contributed by atoms with Gasteiger partial charge >= 0.3 is 18.0 Å². The molecular formula is C36H42N4O7. The topological polar surface area (TPSA) is 120 Å². The number of ether oxygens (including phenoxy) is 3. The van der Waals surface area contributed by atoms with Crippen LogP contribution in [0.15, 0.2) is 29.1 Å². The summed E-state index contributed by atoms with van der Waals surface area (Å²) in [5, 5.41) is 0.865. The van der Waals surface area contributed by atoms with Gasteiger partial charge in [-0.1, -0.05) is 27.2 Å². The first kappa shape index (κ1) is 31.4. The van der Waals surface area contributed by atoms with E-state index >= 15 is 0 Å². The lowest BCUT2D eigenvalue weighted by Crippen LogP contribution is -2.48. The summed E-state index contributed by atoms with van der Waals surface area (Å²) in [6, 6.07) is 7.79. The fraction of sp³-hybridized carbons (Fsp3) is 0.528. The second kappa shape index (κ2) is 12.4. The number of esters is 2. The third-order valence-electron chi connectivity index (χ3n) is 10.5. The van der Waals surface area contributed by atoms with E-state index in [1.165, 1.54) is 19.3 Å². The molecule has 0 N–H and O–H groups in total. The van der Waals surface area contributed by atoms with Crippen LogP contribution in [0, 0.1) is 0 Å². The van der Waals surface area contributed by atoms with Crippen LogP contribution in [0.25, 0.3) is 22.3 Å². The minimum absolute atomic E-state index is 0.0824. The van der Waals surface area contributed by atoms with Gasteiger partial charge in [0.15, 0.2) is 0 Å². The largest absolute Gasteiger partial charge is 0.457 e. The average molecular weight is 643 g/mol. The quantitative estimate of drug-likeness (QED) is 0.266.